The van der Waals surface area contributed by atoms with Gasteiger partial charge in [0.15, 0.2) is 0 Å². The summed E-state index contributed by atoms with van der Waals surface area (Å²) in [5, 5.41) is 3.66. The van der Waals surface area contributed by atoms with Crippen molar-refractivity contribution in [3.05, 3.63) is 29.8 Å². The van der Waals surface area contributed by atoms with E-state index in [9.17, 15) is 4.79 Å². The van der Waals surface area contributed by atoms with Crippen molar-refractivity contribution in [3.63, 3.8) is 0 Å². The summed E-state index contributed by atoms with van der Waals surface area (Å²) in [7, 11) is 0. The fraction of sp³-hybridized carbons (Fsp3) is 0.588. The zero-order chi connectivity index (χ0) is 13.9. The van der Waals surface area contributed by atoms with Crippen molar-refractivity contribution in [1.29, 1.82) is 0 Å². The number of hydrogen-bond acceptors (Lipinski definition) is 2. The van der Waals surface area contributed by atoms with E-state index in [-0.39, 0.29) is 5.91 Å². The monoisotopic (exact) mass is 272 g/mol. The van der Waals surface area contributed by atoms with E-state index < -0.39 is 0 Å². The largest absolute Gasteiger partial charge is 0.312 e. The Hall–Kier alpha value is -1.35. The van der Waals surface area contributed by atoms with Crippen LogP contribution in [0.2, 0.25) is 0 Å². The molecule has 0 aromatic heterocycles. The number of anilines is 1. The van der Waals surface area contributed by atoms with Crippen LogP contribution in [0.4, 0.5) is 5.69 Å². The predicted molar refractivity (Wildman–Crippen MR) is 81.7 cm³/mol. The second kappa shape index (κ2) is 5.96. The highest BCUT2D eigenvalue weighted by Crippen LogP contribution is 2.25. The van der Waals surface area contributed by atoms with Gasteiger partial charge in [-0.2, -0.15) is 0 Å². The van der Waals surface area contributed by atoms with Gasteiger partial charge in [0.1, 0.15) is 0 Å². The minimum atomic E-state index is 0.260. The van der Waals surface area contributed by atoms with E-state index in [2.05, 4.69) is 36.5 Å². The molecule has 1 aliphatic carbocycles. The molecule has 0 radical (unpaired) electrons. The summed E-state index contributed by atoms with van der Waals surface area (Å²) in [5.74, 6) is 1.06. The van der Waals surface area contributed by atoms with Crippen molar-refractivity contribution in [2.75, 3.05) is 11.4 Å². The number of rotatable bonds is 4. The van der Waals surface area contributed by atoms with Gasteiger partial charge in [0.25, 0.3) is 0 Å². The van der Waals surface area contributed by atoms with E-state index in [1.54, 1.807) is 0 Å². The zero-order valence-electron chi connectivity index (χ0n) is 12.3. The maximum Gasteiger partial charge on any atom is 0.227 e. The molecule has 2 atom stereocenters. The van der Waals surface area contributed by atoms with Crippen LogP contribution < -0.4 is 10.2 Å². The van der Waals surface area contributed by atoms with Crippen molar-refractivity contribution in [1.82, 2.24) is 5.32 Å². The molecular weight excluding hydrogens is 248 g/mol. The number of nitrogens with zero attached hydrogens (tertiary/aromatic N) is 1. The summed E-state index contributed by atoms with van der Waals surface area (Å²) in [5.41, 5.74) is 2.35. The highest BCUT2D eigenvalue weighted by molar-refractivity contribution is 5.95. The molecule has 1 saturated carbocycles. The molecule has 1 saturated heterocycles. The van der Waals surface area contributed by atoms with Crippen molar-refractivity contribution in [3.8, 4) is 0 Å². The highest BCUT2D eigenvalue weighted by atomic mass is 16.2. The lowest BCUT2D eigenvalue weighted by atomic mass is 10.1. The highest BCUT2D eigenvalue weighted by Gasteiger charge is 2.23. The van der Waals surface area contributed by atoms with Gasteiger partial charge in [-0.3, -0.25) is 4.79 Å². The predicted octanol–water partition coefficient (Wildman–Crippen LogP) is 3.09. The molecule has 2 unspecified atom stereocenters. The third kappa shape index (κ3) is 2.88. The molecular formula is C17H24N2O. The van der Waals surface area contributed by atoms with Crippen LogP contribution >= 0.6 is 0 Å². The van der Waals surface area contributed by atoms with Gasteiger partial charge in [-0.05, 0) is 42.9 Å². The number of carbonyl (C=O) groups excluding carboxylic acids is 1. The Labute approximate surface area is 121 Å². The number of benzene rings is 1. The molecule has 3 nitrogen and oxygen atoms in total. The van der Waals surface area contributed by atoms with Crippen molar-refractivity contribution < 1.29 is 4.79 Å². The first-order chi connectivity index (χ1) is 9.74. The second-order valence-corrected chi connectivity index (χ2v) is 6.21. The normalized spacial score (nSPS) is 26.4. The van der Waals surface area contributed by atoms with Gasteiger partial charge in [-0.25, -0.2) is 0 Å². The summed E-state index contributed by atoms with van der Waals surface area (Å²) < 4.78 is 0. The molecule has 1 aliphatic heterocycles. The van der Waals surface area contributed by atoms with Gasteiger partial charge in [0.05, 0.1) is 0 Å². The van der Waals surface area contributed by atoms with Crippen molar-refractivity contribution in [2.45, 2.75) is 51.6 Å². The molecule has 1 amide bonds. The lowest BCUT2D eigenvalue weighted by Gasteiger charge is -2.18. The average Bonchev–Trinajstić information content (AvgIpc) is 3.06. The zero-order valence-corrected chi connectivity index (χ0v) is 12.3. The Bertz CT molecular complexity index is 468. The molecule has 0 spiro atoms. The number of nitrogens with one attached hydrogen (secondary N) is 1. The van der Waals surface area contributed by atoms with E-state index in [4.69, 9.17) is 0 Å². The molecule has 2 aliphatic rings. The number of carbonyl (C=O) groups is 1. The Kier molecular flexibility index (Phi) is 4.06. The quantitative estimate of drug-likeness (QED) is 0.913. The van der Waals surface area contributed by atoms with Crippen LogP contribution in [0.1, 0.15) is 44.6 Å². The topological polar surface area (TPSA) is 32.3 Å². The lowest BCUT2D eigenvalue weighted by Crippen LogP contribution is -2.30. The van der Waals surface area contributed by atoms with Gasteiger partial charge >= 0.3 is 0 Å². The molecule has 20 heavy (non-hydrogen) atoms. The SMILES string of the molecule is CC1CCCC1NCc1ccc(N2CCCC2=O)cc1. The third-order valence-electron chi connectivity index (χ3n) is 4.75. The average molecular weight is 272 g/mol. The first kappa shape index (κ1) is 13.6. The summed E-state index contributed by atoms with van der Waals surface area (Å²) in [6, 6.07) is 9.13. The Morgan fingerprint density at radius 3 is 2.60 bits per heavy atom. The second-order valence-electron chi connectivity index (χ2n) is 6.21. The van der Waals surface area contributed by atoms with Crippen LogP contribution in [0.15, 0.2) is 24.3 Å². The minimum absolute atomic E-state index is 0.260. The number of hydrogen-bond donors (Lipinski definition) is 1. The molecule has 108 valence electrons. The molecule has 3 heteroatoms. The maximum atomic E-state index is 11.7. The standard InChI is InChI=1S/C17H24N2O/c1-13-4-2-5-16(13)18-12-14-7-9-15(10-8-14)19-11-3-6-17(19)20/h7-10,13,16,18H,2-6,11-12H2,1H3. The summed E-state index contributed by atoms with van der Waals surface area (Å²) in [6.45, 7) is 4.14. The van der Waals surface area contributed by atoms with Crippen LogP contribution in [0.25, 0.3) is 0 Å². The summed E-state index contributed by atoms with van der Waals surface area (Å²) in [4.78, 5) is 13.6. The first-order valence-electron chi connectivity index (χ1n) is 7.87. The fourth-order valence-corrected chi connectivity index (χ4v) is 3.41. The van der Waals surface area contributed by atoms with Crippen LogP contribution in [0.3, 0.4) is 0 Å². The molecule has 3 rings (SSSR count). The Morgan fingerprint density at radius 2 is 2.00 bits per heavy atom. The maximum absolute atomic E-state index is 11.7. The van der Waals surface area contributed by atoms with Crippen LogP contribution in [-0.4, -0.2) is 18.5 Å². The van der Waals surface area contributed by atoms with Gasteiger partial charge in [0.2, 0.25) is 5.91 Å². The smallest absolute Gasteiger partial charge is 0.227 e. The van der Waals surface area contributed by atoms with E-state index in [1.165, 1.54) is 24.8 Å². The van der Waals surface area contributed by atoms with Gasteiger partial charge in [-0.15, -0.1) is 0 Å². The van der Waals surface area contributed by atoms with Crippen molar-refractivity contribution in [2.24, 2.45) is 5.92 Å². The van der Waals surface area contributed by atoms with Crippen LogP contribution in [0, 0.1) is 5.92 Å². The van der Waals surface area contributed by atoms with E-state index in [0.29, 0.717) is 12.5 Å². The lowest BCUT2D eigenvalue weighted by molar-refractivity contribution is -0.117. The van der Waals surface area contributed by atoms with E-state index >= 15 is 0 Å². The fourth-order valence-electron chi connectivity index (χ4n) is 3.41. The first-order valence-corrected chi connectivity index (χ1v) is 7.87. The Balaban J connectivity index is 1.57. The Morgan fingerprint density at radius 1 is 1.20 bits per heavy atom. The molecule has 1 aromatic rings. The number of amides is 1. The van der Waals surface area contributed by atoms with Gasteiger partial charge in [0, 0.05) is 31.2 Å². The molecule has 2 fully saturated rings. The minimum Gasteiger partial charge on any atom is -0.312 e. The van der Waals surface area contributed by atoms with Crippen LogP contribution in [0.5, 0.6) is 0 Å². The molecule has 0 bridgehead atoms. The van der Waals surface area contributed by atoms with Gasteiger partial charge in [-0.1, -0.05) is 25.5 Å². The summed E-state index contributed by atoms with van der Waals surface area (Å²) >= 11 is 0. The van der Waals surface area contributed by atoms with E-state index in [0.717, 1.165) is 31.1 Å². The third-order valence-corrected chi connectivity index (χ3v) is 4.75. The van der Waals surface area contributed by atoms with Crippen LogP contribution in [-0.2, 0) is 11.3 Å². The van der Waals surface area contributed by atoms with E-state index in [1.807, 2.05) is 4.90 Å². The van der Waals surface area contributed by atoms with Crippen molar-refractivity contribution >= 4 is 11.6 Å². The molecule has 1 N–H and O–H groups in total. The molecule has 1 aromatic carbocycles. The molecule has 1 heterocycles. The summed E-state index contributed by atoms with van der Waals surface area (Å²) in [6.07, 6.45) is 5.70. The van der Waals surface area contributed by atoms with Gasteiger partial charge < -0.3 is 10.2 Å².